The van der Waals surface area contributed by atoms with Gasteiger partial charge in [0, 0.05) is 6.54 Å². The average Bonchev–Trinajstić information content (AvgIpc) is 2.42. The van der Waals surface area contributed by atoms with Gasteiger partial charge in [-0.05, 0) is 25.3 Å². The molecule has 0 aliphatic rings. The van der Waals surface area contributed by atoms with Crippen molar-refractivity contribution in [1.29, 1.82) is 0 Å². The van der Waals surface area contributed by atoms with Gasteiger partial charge in [0.15, 0.2) is 0 Å². The van der Waals surface area contributed by atoms with Gasteiger partial charge in [-0.2, -0.15) is 0 Å². The summed E-state index contributed by atoms with van der Waals surface area (Å²) < 4.78 is 0. The van der Waals surface area contributed by atoms with Crippen LogP contribution in [0.3, 0.4) is 0 Å². The predicted molar refractivity (Wildman–Crippen MR) is 74.2 cm³/mol. The fourth-order valence-electron chi connectivity index (χ4n) is 1.86. The van der Waals surface area contributed by atoms with Crippen LogP contribution in [0.2, 0.25) is 0 Å². The van der Waals surface area contributed by atoms with Crippen molar-refractivity contribution in [3.63, 3.8) is 0 Å². The van der Waals surface area contributed by atoms with E-state index in [1.165, 1.54) is 4.90 Å². The van der Waals surface area contributed by atoms with Crippen molar-refractivity contribution in [3.05, 3.63) is 35.9 Å². The molecule has 1 aromatic carbocycles. The molecule has 1 unspecified atom stereocenters. The van der Waals surface area contributed by atoms with Crippen LogP contribution < -0.4 is 11.5 Å². The van der Waals surface area contributed by atoms with E-state index in [-0.39, 0.29) is 12.5 Å². The van der Waals surface area contributed by atoms with Crippen LogP contribution in [0.4, 0.5) is 0 Å². The first kappa shape index (κ1) is 15.2. The molecule has 4 N–H and O–H groups in total. The Hall–Kier alpha value is -1.88. The molecule has 2 amide bonds. The van der Waals surface area contributed by atoms with Crippen molar-refractivity contribution in [2.24, 2.45) is 11.5 Å². The molecule has 1 rings (SSSR count). The Bertz CT molecular complexity index is 420. The third-order valence-corrected chi connectivity index (χ3v) is 2.94. The lowest BCUT2D eigenvalue weighted by atomic mass is 10.0. The zero-order valence-corrected chi connectivity index (χ0v) is 11.2. The van der Waals surface area contributed by atoms with Crippen LogP contribution in [0.25, 0.3) is 0 Å². The molecule has 0 spiro atoms. The van der Waals surface area contributed by atoms with E-state index in [4.69, 9.17) is 11.5 Å². The Labute approximate surface area is 113 Å². The molecule has 0 fully saturated rings. The molecular weight excluding hydrogens is 242 g/mol. The van der Waals surface area contributed by atoms with Crippen LogP contribution in [0.1, 0.15) is 18.9 Å². The lowest BCUT2D eigenvalue weighted by molar-refractivity contribution is -0.136. The molecule has 0 radical (unpaired) electrons. The van der Waals surface area contributed by atoms with Crippen molar-refractivity contribution >= 4 is 11.8 Å². The Kier molecular flexibility index (Phi) is 6.02. The van der Waals surface area contributed by atoms with Crippen molar-refractivity contribution in [2.45, 2.75) is 25.8 Å². The van der Waals surface area contributed by atoms with Crippen molar-refractivity contribution in [3.8, 4) is 0 Å². The number of amides is 2. The first-order valence-corrected chi connectivity index (χ1v) is 6.41. The summed E-state index contributed by atoms with van der Waals surface area (Å²) in [5.74, 6) is -0.748. The fraction of sp³-hybridized carbons (Fsp3) is 0.429. The van der Waals surface area contributed by atoms with Gasteiger partial charge in [-0.1, -0.05) is 30.3 Å². The average molecular weight is 263 g/mol. The summed E-state index contributed by atoms with van der Waals surface area (Å²) in [4.78, 5) is 24.3. The van der Waals surface area contributed by atoms with Crippen LogP contribution in [-0.4, -0.2) is 35.8 Å². The molecule has 1 atom stereocenters. The number of hydrogen-bond acceptors (Lipinski definition) is 3. The number of likely N-dealkylation sites (N-methyl/N-ethyl adjacent to an activating group) is 1. The van der Waals surface area contributed by atoms with Crippen molar-refractivity contribution < 1.29 is 9.59 Å². The second-order valence-electron chi connectivity index (χ2n) is 4.45. The lowest BCUT2D eigenvalue weighted by Gasteiger charge is -2.22. The third kappa shape index (κ3) is 5.09. The fourth-order valence-corrected chi connectivity index (χ4v) is 1.86. The minimum Gasteiger partial charge on any atom is -0.368 e. The molecule has 0 saturated carbocycles. The molecule has 0 saturated heterocycles. The summed E-state index contributed by atoms with van der Waals surface area (Å²) in [5, 5.41) is 0. The van der Waals surface area contributed by atoms with Crippen LogP contribution in [0, 0.1) is 0 Å². The van der Waals surface area contributed by atoms with Gasteiger partial charge in [-0.25, -0.2) is 0 Å². The standard InChI is InChI=1S/C14H21N3O2/c1-2-17(10-13(16)18)14(19)12(15)9-8-11-6-4-3-5-7-11/h3-7,12H,2,8-10,15H2,1H3,(H2,16,18). The molecule has 5 heteroatoms. The Morgan fingerprint density at radius 1 is 1.26 bits per heavy atom. The van der Waals surface area contributed by atoms with E-state index in [2.05, 4.69) is 0 Å². The van der Waals surface area contributed by atoms with E-state index >= 15 is 0 Å². The first-order valence-electron chi connectivity index (χ1n) is 6.41. The summed E-state index contributed by atoms with van der Waals surface area (Å²) in [5.41, 5.74) is 12.1. The molecule has 0 bridgehead atoms. The minimum absolute atomic E-state index is 0.0750. The van der Waals surface area contributed by atoms with Crippen molar-refractivity contribution in [1.82, 2.24) is 4.90 Å². The molecule has 1 aromatic rings. The zero-order chi connectivity index (χ0) is 14.3. The smallest absolute Gasteiger partial charge is 0.239 e. The Balaban J connectivity index is 2.49. The third-order valence-electron chi connectivity index (χ3n) is 2.94. The quantitative estimate of drug-likeness (QED) is 0.740. The van der Waals surface area contributed by atoms with Gasteiger partial charge in [0.1, 0.15) is 0 Å². The molecule has 0 aromatic heterocycles. The van der Waals surface area contributed by atoms with Gasteiger partial charge in [-0.15, -0.1) is 0 Å². The number of benzene rings is 1. The van der Waals surface area contributed by atoms with Gasteiger partial charge in [0.25, 0.3) is 0 Å². The predicted octanol–water partition coefficient (Wildman–Crippen LogP) is 0.280. The van der Waals surface area contributed by atoms with Gasteiger partial charge in [-0.3, -0.25) is 9.59 Å². The second kappa shape index (κ2) is 7.53. The van der Waals surface area contributed by atoms with E-state index in [1.54, 1.807) is 6.92 Å². The molecule has 0 heterocycles. The maximum atomic E-state index is 12.0. The van der Waals surface area contributed by atoms with Gasteiger partial charge < -0.3 is 16.4 Å². The second-order valence-corrected chi connectivity index (χ2v) is 4.45. The highest BCUT2D eigenvalue weighted by Gasteiger charge is 2.20. The molecule has 0 aliphatic heterocycles. The minimum atomic E-state index is -0.598. The van der Waals surface area contributed by atoms with Gasteiger partial charge in [0.2, 0.25) is 11.8 Å². The summed E-state index contributed by atoms with van der Waals surface area (Å²) in [6.07, 6.45) is 1.29. The van der Waals surface area contributed by atoms with Crippen LogP contribution >= 0.6 is 0 Å². The Morgan fingerprint density at radius 2 is 1.89 bits per heavy atom. The highest BCUT2D eigenvalue weighted by atomic mass is 16.2. The van der Waals surface area contributed by atoms with E-state index in [9.17, 15) is 9.59 Å². The van der Waals surface area contributed by atoms with Crippen LogP contribution in [-0.2, 0) is 16.0 Å². The van der Waals surface area contributed by atoms with E-state index in [1.807, 2.05) is 30.3 Å². The largest absolute Gasteiger partial charge is 0.368 e. The highest BCUT2D eigenvalue weighted by molar-refractivity contribution is 5.86. The van der Waals surface area contributed by atoms with E-state index in [0.717, 1.165) is 12.0 Å². The Morgan fingerprint density at radius 3 is 2.42 bits per heavy atom. The highest BCUT2D eigenvalue weighted by Crippen LogP contribution is 2.06. The van der Waals surface area contributed by atoms with Gasteiger partial charge >= 0.3 is 0 Å². The summed E-state index contributed by atoms with van der Waals surface area (Å²) >= 11 is 0. The number of carbonyl (C=O) groups is 2. The zero-order valence-electron chi connectivity index (χ0n) is 11.2. The number of nitrogens with zero attached hydrogens (tertiary/aromatic N) is 1. The molecule has 5 nitrogen and oxygen atoms in total. The summed E-state index contributed by atoms with van der Waals surface area (Å²) in [6, 6.07) is 9.25. The number of carbonyl (C=O) groups excluding carboxylic acids is 2. The maximum Gasteiger partial charge on any atom is 0.239 e. The van der Waals surface area contributed by atoms with Crippen LogP contribution in [0.5, 0.6) is 0 Å². The van der Waals surface area contributed by atoms with E-state index < -0.39 is 11.9 Å². The monoisotopic (exact) mass is 263 g/mol. The maximum absolute atomic E-state index is 12.0. The topological polar surface area (TPSA) is 89.4 Å². The summed E-state index contributed by atoms with van der Waals surface area (Å²) in [7, 11) is 0. The molecule has 104 valence electrons. The molecule has 0 aliphatic carbocycles. The van der Waals surface area contributed by atoms with Crippen LogP contribution in [0.15, 0.2) is 30.3 Å². The van der Waals surface area contributed by atoms with Gasteiger partial charge in [0.05, 0.1) is 12.6 Å². The number of hydrogen-bond donors (Lipinski definition) is 2. The molecular formula is C14H21N3O2. The van der Waals surface area contributed by atoms with E-state index in [0.29, 0.717) is 13.0 Å². The number of nitrogens with two attached hydrogens (primary N) is 2. The number of primary amides is 1. The number of aryl methyl sites for hydroxylation is 1. The molecule has 19 heavy (non-hydrogen) atoms. The normalized spacial score (nSPS) is 11.9. The van der Waals surface area contributed by atoms with Crippen molar-refractivity contribution in [2.75, 3.05) is 13.1 Å². The summed E-state index contributed by atoms with van der Waals surface area (Å²) in [6.45, 7) is 2.15. The SMILES string of the molecule is CCN(CC(N)=O)C(=O)C(N)CCc1ccccc1. The first-order chi connectivity index (χ1) is 9.04. The number of rotatable bonds is 7. The lowest BCUT2D eigenvalue weighted by Crippen LogP contribution is -2.47.